The summed E-state index contributed by atoms with van der Waals surface area (Å²) in [5.74, 6) is 0. The number of hydrogen-bond acceptors (Lipinski definition) is 4. The second kappa shape index (κ2) is 6.73. The molecule has 2 saturated heterocycles. The average Bonchev–Trinajstić information content (AvgIpc) is 2.52. The minimum absolute atomic E-state index is 0.369. The summed E-state index contributed by atoms with van der Waals surface area (Å²) in [7, 11) is 1.75. The Morgan fingerprint density at radius 2 is 1.85 bits per heavy atom. The summed E-state index contributed by atoms with van der Waals surface area (Å²) in [6, 6.07) is 0.789. The van der Waals surface area contributed by atoms with Crippen molar-refractivity contribution in [3.8, 4) is 0 Å². The minimum Gasteiger partial charge on any atom is -0.382 e. The van der Waals surface area contributed by atoms with E-state index in [1.54, 1.807) is 7.11 Å². The first-order valence-corrected chi connectivity index (χ1v) is 8.45. The van der Waals surface area contributed by atoms with Gasteiger partial charge >= 0.3 is 0 Å². The Balaban J connectivity index is 1.62. The van der Waals surface area contributed by atoms with Crippen LogP contribution in [0.25, 0.3) is 0 Å². The largest absolute Gasteiger partial charge is 0.382 e. The molecule has 1 saturated carbocycles. The maximum Gasteiger partial charge on any atom is 0.0886 e. The number of ether oxygens (including phenoxy) is 2. The van der Waals surface area contributed by atoms with Gasteiger partial charge in [0.25, 0.3) is 0 Å². The fourth-order valence-electron chi connectivity index (χ4n) is 4.49. The highest BCUT2D eigenvalue weighted by atomic mass is 16.5. The topological polar surface area (TPSA) is 33.7 Å². The Hall–Kier alpha value is -0.160. The highest BCUT2D eigenvalue weighted by molar-refractivity contribution is 5.11. The van der Waals surface area contributed by atoms with E-state index in [9.17, 15) is 0 Å². The van der Waals surface area contributed by atoms with Crippen molar-refractivity contribution < 1.29 is 9.47 Å². The van der Waals surface area contributed by atoms with Gasteiger partial charge in [0.05, 0.1) is 19.3 Å². The molecule has 0 aromatic carbocycles. The van der Waals surface area contributed by atoms with Gasteiger partial charge in [0.1, 0.15) is 0 Å². The molecular weight excluding hydrogens is 252 g/mol. The first-order valence-electron chi connectivity index (χ1n) is 8.45. The Kier molecular flexibility index (Phi) is 4.97. The fourth-order valence-corrected chi connectivity index (χ4v) is 4.49. The van der Waals surface area contributed by atoms with Crippen molar-refractivity contribution in [3.63, 3.8) is 0 Å². The Morgan fingerprint density at radius 3 is 2.55 bits per heavy atom. The number of methoxy groups -OCH3 is 1. The van der Waals surface area contributed by atoms with Crippen molar-refractivity contribution in [2.75, 3.05) is 40.0 Å². The van der Waals surface area contributed by atoms with E-state index in [0.717, 1.165) is 25.8 Å². The first kappa shape index (κ1) is 14.8. The van der Waals surface area contributed by atoms with E-state index >= 15 is 0 Å². The van der Waals surface area contributed by atoms with Gasteiger partial charge in [-0.25, -0.2) is 0 Å². The van der Waals surface area contributed by atoms with Gasteiger partial charge in [-0.15, -0.1) is 0 Å². The van der Waals surface area contributed by atoms with Crippen LogP contribution in [0.4, 0.5) is 0 Å². The van der Waals surface area contributed by atoms with E-state index in [1.807, 2.05) is 0 Å². The van der Waals surface area contributed by atoms with E-state index < -0.39 is 0 Å². The number of rotatable bonds is 5. The molecule has 0 aromatic rings. The molecule has 0 radical (unpaired) electrons. The Morgan fingerprint density at radius 1 is 1.10 bits per heavy atom. The van der Waals surface area contributed by atoms with Crippen LogP contribution in [0.15, 0.2) is 0 Å². The van der Waals surface area contributed by atoms with Crippen molar-refractivity contribution in [1.29, 1.82) is 0 Å². The van der Waals surface area contributed by atoms with Gasteiger partial charge in [0, 0.05) is 25.2 Å². The monoisotopic (exact) mass is 282 g/mol. The second-order valence-corrected chi connectivity index (χ2v) is 6.65. The fraction of sp³-hybridized carbons (Fsp3) is 1.00. The van der Waals surface area contributed by atoms with Crippen LogP contribution in [0.3, 0.4) is 0 Å². The molecule has 4 nitrogen and oxygen atoms in total. The third kappa shape index (κ3) is 2.76. The molecule has 1 aliphatic carbocycles. The summed E-state index contributed by atoms with van der Waals surface area (Å²) in [6.45, 7) is 5.00. The maximum absolute atomic E-state index is 6.15. The van der Waals surface area contributed by atoms with Crippen LogP contribution in [-0.4, -0.2) is 62.5 Å². The molecule has 1 spiro atoms. The number of likely N-dealkylation sites (tertiary alicyclic amines) is 1. The third-order valence-corrected chi connectivity index (χ3v) is 5.61. The lowest BCUT2D eigenvalue weighted by Gasteiger charge is -2.63. The number of nitrogens with zero attached hydrogens (tertiary/aromatic N) is 1. The van der Waals surface area contributed by atoms with E-state index in [-0.39, 0.29) is 0 Å². The van der Waals surface area contributed by atoms with Gasteiger partial charge in [-0.3, -0.25) is 4.90 Å². The van der Waals surface area contributed by atoms with Crippen LogP contribution in [-0.2, 0) is 9.47 Å². The Bertz CT molecular complexity index is 299. The summed E-state index contributed by atoms with van der Waals surface area (Å²) in [5.41, 5.74) is 0.369. The highest BCUT2D eigenvalue weighted by Crippen LogP contribution is 2.47. The molecule has 20 heavy (non-hydrogen) atoms. The maximum atomic E-state index is 6.15. The molecule has 2 aliphatic heterocycles. The van der Waals surface area contributed by atoms with Crippen LogP contribution in [0.5, 0.6) is 0 Å². The highest BCUT2D eigenvalue weighted by Gasteiger charge is 2.56. The molecule has 1 atom stereocenters. The summed E-state index contributed by atoms with van der Waals surface area (Å²) in [4.78, 5) is 2.81. The number of hydrogen-bond donors (Lipinski definition) is 1. The van der Waals surface area contributed by atoms with Gasteiger partial charge in [0.2, 0.25) is 0 Å². The third-order valence-electron chi connectivity index (χ3n) is 5.61. The smallest absolute Gasteiger partial charge is 0.0886 e. The molecule has 0 bridgehead atoms. The molecule has 1 N–H and O–H groups in total. The zero-order valence-electron chi connectivity index (χ0n) is 12.9. The standard InChI is InChI=1S/C16H30N2O2/c1-19-11-12-20-15-13-18(14-5-9-17-10-6-14)16(15)7-3-2-4-8-16/h14-15,17H,2-13H2,1H3. The van der Waals surface area contributed by atoms with Gasteiger partial charge in [-0.1, -0.05) is 19.3 Å². The van der Waals surface area contributed by atoms with Gasteiger partial charge in [-0.2, -0.15) is 0 Å². The predicted octanol–water partition coefficient (Wildman–Crippen LogP) is 1.79. The predicted molar refractivity (Wildman–Crippen MR) is 80.0 cm³/mol. The summed E-state index contributed by atoms with van der Waals surface area (Å²) < 4.78 is 11.3. The van der Waals surface area contributed by atoms with Crippen molar-refractivity contribution in [3.05, 3.63) is 0 Å². The van der Waals surface area contributed by atoms with Crippen molar-refractivity contribution >= 4 is 0 Å². The molecule has 4 heteroatoms. The van der Waals surface area contributed by atoms with Crippen LogP contribution in [0, 0.1) is 0 Å². The number of piperidine rings is 1. The molecule has 1 unspecified atom stereocenters. The zero-order valence-corrected chi connectivity index (χ0v) is 12.9. The molecular formula is C16H30N2O2. The van der Waals surface area contributed by atoms with Gasteiger partial charge in [-0.05, 0) is 38.8 Å². The van der Waals surface area contributed by atoms with E-state index in [4.69, 9.17) is 9.47 Å². The molecule has 0 aromatic heterocycles. The van der Waals surface area contributed by atoms with E-state index in [1.165, 1.54) is 58.0 Å². The molecule has 0 amide bonds. The van der Waals surface area contributed by atoms with Gasteiger partial charge in [0.15, 0.2) is 0 Å². The van der Waals surface area contributed by atoms with Gasteiger partial charge < -0.3 is 14.8 Å². The van der Waals surface area contributed by atoms with Crippen molar-refractivity contribution in [2.24, 2.45) is 0 Å². The normalized spacial score (nSPS) is 31.4. The first-order chi connectivity index (χ1) is 9.87. The molecule has 116 valence electrons. The SMILES string of the molecule is COCCOC1CN(C2CCNCC2)C12CCCCC2. The molecule has 3 rings (SSSR count). The lowest BCUT2D eigenvalue weighted by atomic mass is 9.69. The van der Waals surface area contributed by atoms with Crippen molar-refractivity contribution in [2.45, 2.75) is 62.6 Å². The molecule has 2 heterocycles. The van der Waals surface area contributed by atoms with E-state index in [2.05, 4.69) is 10.2 Å². The van der Waals surface area contributed by atoms with Crippen LogP contribution < -0.4 is 5.32 Å². The Labute approximate surface area is 123 Å². The van der Waals surface area contributed by atoms with E-state index in [0.29, 0.717) is 11.6 Å². The van der Waals surface area contributed by atoms with Crippen molar-refractivity contribution in [1.82, 2.24) is 10.2 Å². The van der Waals surface area contributed by atoms with Crippen LogP contribution in [0.2, 0.25) is 0 Å². The minimum atomic E-state index is 0.369. The molecule has 3 aliphatic rings. The lowest BCUT2D eigenvalue weighted by Crippen LogP contribution is -2.75. The zero-order chi connectivity index (χ0) is 13.8. The molecule has 3 fully saturated rings. The second-order valence-electron chi connectivity index (χ2n) is 6.65. The average molecular weight is 282 g/mol. The van der Waals surface area contributed by atoms with Crippen LogP contribution in [0.1, 0.15) is 44.9 Å². The number of nitrogens with one attached hydrogen (secondary N) is 1. The summed E-state index contributed by atoms with van der Waals surface area (Å²) in [5, 5.41) is 3.49. The van der Waals surface area contributed by atoms with Crippen LogP contribution >= 0.6 is 0 Å². The quantitative estimate of drug-likeness (QED) is 0.780. The summed E-state index contributed by atoms with van der Waals surface area (Å²) in [6.07, 6.45) is 9.93. The summed E-state index contributed by atoms with van der Waals surface area (Å²) >= 11 is 0. The lowest BCUT2D eigenvalue weighted by molar-refractivity contribution is -0.202.